The predicted molar refractivity (Wildman–Crippen MR) is 307 cm³/mol. The van der Waals surface area contributed by atoms with Gasteiger partial charge in [-0.25, -0.2) is 0 Å². The van der Waals surface area contributed by atoms with Gasteiger partial charge in [0.1, 0.15) is 13.2 Å². The Hall–Kier alpha value is -2.11. The van der Waals surface area contributed by atoms with Gasteiger partial charge in [-0.2, -0.15) is 0 Å². The first-order valence-corrected chi connectivity index (χ1v) is 31.8. The Morgan fingerprint density at radius 2 is 0.465 bits per heavy atom. The molecule has 0 amide bonds. The van der Waals surface area contributed by atoms with E-state index in [4.69, 9.17) is 14.2 Å². The van der Waals surface area contributed by atoms with Gasteiger partial charge in [-0.05, 0) is 70.6 Å². The van der Waals surface area contributed by atoms with Gasteiger partial charge < -0.3 is 14.2 Å². The first-order valence-electron chi connectivity index (χ1n) is 31.8. The number of ether oxygens (including phenoxy) is 3. The molecule has 0 aliphatic heterocycles. The number of hydrogen-bond donors (Lipinski definition) is 0. The molecule has 6 nitrogen and oxygen atoms in total. The third-order valence-corrected chi connectivity index (χ3v) is 14.4. The summed E-state index contributed by atoms with van der Waals surface area (Å²) in [6, 6.07) is 0. The molecule has 0 aromatic heterocycles. The lowest BCUT2D eigenvalue weighted by Gasteiger charge is -2.18. The first kappa shape index (κ1) is 68.9. The standard InChI is InChI=1S/C65H122O6/c1-4-7-10-13-16-19-22-25-28-30-31-32-33-35-37-40-43-46-49-52-55-58-64(67)70-61-62(60-69-63(66)57-54-51-48-45-42-39-36-27-24-21-18-15-12-9-6-3)71-65(68)59-56-53-50-47-44-41-38-34-29-26-23-20-17-14-11-8-5-2/h25,27-28,36,62H,4-24,26,29-35,37-61H2,1-3H3/b28-25-,36-27-/t62-/m0/s1. The lowest BCUT2D eigenvalue weighted by Crippen LogP contribution is -2.30. The molecule has 0 bridgehead atoms. The van der Waals surface area contributed by atoms with E-state index < -0.39 is 6.10 Å². The molecule has 71 heavy (non-hydrogen) atoms. The maximum Gasteiger partial charge on any atom is 0.306 e. The average molecular weight is 1000 g/mol. The van der Waals surface area contributed by atoms with Gasteiger partial charge in [0.2, 0.25) is 0 Å². The number of unbranched alkanes of at least 4 members (excludes halogenated alkanes) is 44. The molecule has 0 saturated carbocycles. The van der Waals surface area contributed by atoms with Gasteiger partial charge in [0.05, 0.1) is 0 Å². The molecule has 0 radical (unpaired) electrons. The third kappa shape index (κ3) is 58.7. The van der Waals surface area contributed by atoms with Crippen LogP contribution in [0.1, 0.15) is 355 Å². The summed E-state index contributed by atoms with van der Waals surface area (Å²) in [6.07, 6.45) is 71.8. The molecule has 0 fully saturated rings. The molecule has 6 heteroatoms. The van der Waals surface area contributed by atoms with E-state index >= 15 is 0 Å². The topological polar surface area (TPSA) is 78.9 Å². The Morgan fingerprint density at radius 3 is 0.704 bits per heavy atom. The van der Waals surface area contributed by atoms with Crippen LogP contribution < -0.4 is 0 Å². The average Bonchev–Trinajstić information content (AvgIpc) is 3.37. The molecule has 0 aromatic carbocycles. The Bertz CT molecular complexity index is 1150. The van der Waals surface area contributed by atoms with Crippen LogP contribution in [0, 0.1) is 0 Å². The van der Waals surface area contributed by atoms with Crippen LogP contribution in [-0.4, -0.2) is 37.2 Å². The molecule has 0 N–H and O–H groups in total. The van der Waals surface area contributed by atoms with Crippen LogP contribution in [0.4, 0.5) is 0 Å². The van der Waals surface area contributed by atoms with Crippen molar-refractivity contribution in [1.82, 2.24) is 0 Å². The molecule has 0 spiro atoms. The molecule has 1 atom stereocenters. The minimum absolute atomic E-state index is 0.0692. The Kier molecular flexibility index (Phi) is 58.6. The lowest BCUT2D eigenvalue weighted by molar-refractivity contribution is -0.167. The van der Waals surface area contributed by atoms with E-state index in [-0.39, 0.29) is 31.1 Å². The second kappa shape index (κ2) is 60.4. The van der Waals surface area contributed by atoms with E-state index in [1.807, 2.05) is 0 Å². The third-order valence-electron chi connectivity index (χ3n) is 14.4. The van der Waals surface area contributed by atoms with Gasteiger partial charge in [0, 0.05) is 19.3 Å². The van der Waals surface area contributed by atoms with Crippen LogP contribution in [-0.2, 0) is 28.6 Å². The first-order chi connectivity index (χ1) is 35.0. The Morgan fingerprint density at radius 1 is 0.268 bits per heavy atom. The summed E-state index contributed by atoms with van der Waals surface area (Å²) in [4.78, 5) is 38.3. The van der Waals surface area contributed by atoms with E-state index in [2.05, 4.69) is 45.1 Å². The van der Waals surface area contributed by atoms with Gasteiger partial charge in [0.25, 0.3) is 0 Å². The van der Waals surface area contributed by atoms with Crippen LogP contribution >= 0.6 is 0 Å². The molecular weight excluding hydrogens is 877 g/mol. The number of allylic oxidation sites excluding steroid dienone is 4. The molecule has 0 aliphatic carbocycles. The SMILES string of the molecule is CCCCCCCC/C=C\CCCCCCCCCCCCCC(=O)OC[C@H](COC(=O)CCCCCCC/C=C\CCCCCCCC)OC(=O)CCCCCCCCCCCCCCCCCCC. The smallest absolute Gasteiger partial charge is 0.306 e. The summed E-state index contributed by atoms with van der Waals surface area (Å²) in [5.41, 5.74) is 0. The van der Waals surface area contributed by atoms with Crippen LogP contribution in [0.5, 0.6) is 0 Å². The highest BCUT2D eigenvalue weighted by molar-refractivity contribution is 5.71. The summed E-state index contributed by atoms with van der Waals surface area (Å²) in [7, 11) is 0. The molecule has 0 aromatic rings. The Labute approximate surface area is 443 Å². The quantitative estimate of drug-likeness (QED) is 0.0261. The maximum absolute atomic E-state index is 12.9. The van der Waals surface area contributed by atoms with Crippen molar-refractivity contribution in [2.75, 3.05) is 13.2 Å². The fourth-order valence-corrected chi connectivity index (χ4v) is 9.61. The molecule has 0 aliphatic rings. The molecule has 0 saturated heterocycles. The molecule has 0 rings (SSSR count). The number of carbonyl (C=O) groups is 3. The van der Waals surface area contributed by atoms with Crippen molar-refractivity contribution in [2.24, 2.45) is 0 Å². The highest BCUT2D eigenvalue weighted by atomic mass is 16.6. The highest BCUT2D eigenvalue weighted by Crippen LogP contribution is 2.17. The van der Waals surface area contributed by atoms with Crippen molar-refractivity contribution in [1.29, 1.82) is 0 Å². The molecule has 0 unspecified atom stereocenters. The maximum atomic E-state index is 12.9. The summed E-state index contributed by atoms with van der Waals surface area (Å²) < 4.78 is 16.9. The van der Waals surface area contributed by atoms with Crippen molar-refractivity contribution < 1.29 is 28.6 Å². The second-order valence-electron chi connectivity index (χ2n) is 21.7. The monoisotopic (exact) mass is 999 g/mol. The summed E-state index contributed by atoms with van der Waals surface area (Å²) in [5.74, 6) is -0.852. The second-order valence-corrected chi connectivity index (χ2v) is 21.7. The lowest BCUT2D eigenvalue weighted by atomic mass is 10.0. The zero-order valence-corrected chi connectivity index (χ0v) is 48.0. The fraction of sp³-hybridized carbons (Fsp3) is 0.892. The van der Waals surface area contributed by atoms with Gasteiger partial charge in [-0.1, -0.05) is 289 Å². The summed E-state index contributed by atoms with van der Waals surface area (Å²) >= 11 is 0. The number of hydrogen-bond acceptors (Lipinski definition) is 6. The van der Waals surface area contributed by atoms with Crippen molar-refractivity contribution >= 4 is 17.9 Å². The number of carbonyl (C=O) groups excluding carboxylic acids is 3. The van der Waals surface area contributed by atoms with Gasteiger partial charge in [0.15, 0.2) is 6.10 Å². The van der Waals surface area contributed by atoms with Crippen LogP contribution in [0.3, 0.4) is 0 Å². The largest absolute Gasteiger partial charge is 0.462 e. The number of rotatable bonds is 59. The zero-order chi connectivity index (χ0) is 51.4. The van der Waals surface area contributed by atoms with Crippen LogP contribution in [0.2, 0.25) is 0 Å². The van der Waals surface area contributed by atoms with Gasteiger partial charge >= 0.3 is 17.9 Å². The van der Waals surface area contributed by atoms with Crippen LogP contribution in [0.15, 0.2) is 24.3 Å². The normalized spacial score (nSPS) is 12.1. The van der Waals surface area contributed by atoms with Crippen molar-refractivity contribution in [3.63, 3.8) is 0 Å². The van der Waals surface area contributed by atoms with E-state index in [0.29, 0.717) is 19.3 Å². The van der Waals surface area contributed by atoms with Gasteiger partial charge in [-0.15, -0.1) is 0 Å². The van der Waals surface area contributed by atoms with Crippen molar-refractivity contribution in [3.05, 3.63) is 24.3 Å². The number of esters is 3. The summed E-state index contributed by atoms with van der Waals surface area (Å²) in [5, 5.41) is 0. The van der Waals surface area contributed by atoms with E-state index in [1.165, 1.54) is 250 Å². The Balaban J connectivity index is 4.30. The summed E-state index contributed by atoms with van der Waals surface area (Å²) in [6.45, 7) is 6.69. The van der Waals surface area contributed by atoms with Gasteiger partial charge in [-0.3, -0.25) is 14.4 Å². The minimum atomic E-state index is -0.771. The zero-order valence-electron chi connectivity index (χ0n) is 48.0. The molecular formula is C65H122O6. The fourth-order valence-electron chi connectivity index (χ4n) is 9.61. The van der Waals surface area contributed by atoms with Crippen molar-refractivity contribution in [2.45, 2.75) is 361 Å². The van der Waals surface area contributed by atoms with Crippen LogP contribution in [0.25, 0.3) is 0 Å². The molecule has 0 heterocycles. The molecule has 418 valence electrons. The van der Waals surface area contributed by atoms with Crippen molar-refractivity contribution in [3.8, 4) is 0 Å². The van der Waals surface area contributed by atoms with E-state index in [1.54, 1.807) is 0 Å². The van der Waals surface area contributed by atoms with E-state index in [0.717, 1.165) is 64.2 Å². The predicted octanol–water partition coefficient (Wildman–Crippen LogP) is 21.4. The van der Waals surface area contributed by atoms with E-state index in [9.17, 15) is 14.4 Å². The minimum Gasteiger partial charge on any atom is -0.462 e. The highest BCUT2D eigenvalue weighted by Gasteiger charge is 2.19.